The van der Waals surface area contributed by atoms with Crippen LogP contribution in [0.15, 0.2) is 73.0 Å². The molecule has 1 aliphatic heterocycles. The van der Waals surface area contributed by atoms with Crippen molar-refractivity contribution < 1.29 is 0 Å². The predicted octanol–water partition coefficient (Wildman–Crippen LogP) is 2.31. The van der Waals surface area contributed by atoms with Crippen molar-refractivity contribution in [3.8, 4) is 23.1 Å². The van der Waals surface area contributed by atoms with Crippen LogP contribution < -0.4 is 11.1 Å². The second kappa shape index (κ2) is 6.86. The first-order valence-corrected chi connectivity index (χ1v) is 9.25. The first kappa shape index (κ1) is 17.6. The van der Waals surface area contributed by atoms with Gasteiger partial charge in [0.1, 0.15) is 23.0 Å². The van der Waals surface area contributed by atoms with Gasteiger partial charge in [-0.3, -0.25) is 14.6 Å². The summed E-state index contributed by atoms with van der Waals surface area (Å²) in [6.07, 6.45) is 10.2. The van der Waals surface area contributed by atoms with Gasteiger partial charge in [0.25, 0.3) is 0 Å². The molecular formula is C21H17N9. The Labute approximate surface area is 172 Å². The van der Waals surface area contributed by atoms with Gasteiger partial charge in [-0.2, -0.15) is 10.4 Å². The third-order valence-electron chi connectivity index (χ3n) is 5.16. The summed E-state index contributed by atoms with van der Waals surface area (Å²) in [4.78, 5) is 12.7. The molecule has 146 valence electrons. The number of nitriles is 1. The quantitative estimate of drug-likeness (QED) is 0.545. The van der Waals surface area contributed by atoms with Crippen molar-refractivity contribution in [3.05, 3.63) is 84.1 Å². The maximum absolute atomic E-state index is 9.90. The summed E-state index contributed by atoms with van der Waals surface area (Å²) < 4.78 is 3.63. The number of hydrogen-bond donors (Lipinski definition) is 2. The number of nitrogens with zero attached hydrogens (tertiary/aromatic N) is 7. The Kier molecular flexibility index (Phi) is 4.03. The minimum atomic E-state index is -0.381. The van der Waals surface area contributed by atoms with E-state index in [1.54, 1.807) is 35.8 Å². The number of rotatable bonds is 3. The molecule has 0 aliphatic carbocycles. The molecular weight excluding hydrogens is 378 g/mol. The lowest BCUT2D eigenvalue weighted by atomic mass is 9.82. The Hall–Kier alpha value is -4.45. The summed E-state index contributed by atoms with van der Waals surface area (Å²) in [5, 5.41) is 17.7. The molecule has 1 aromatic carbocycles. The van der Waals surface area contributed by atoms with Gasteiger partial charge in [0.15, 0.2) is 0 Å². The molecule has 0 spiro atoms. The van der Waals surface area contributed by atoms with Crippen LogP contribution in [0.5, 0.6) is 0 Å². The van der Waals surface area contributed by atoms with Crippen LogP contribution in [0.1, 0.15) is 17.0 Å². The van der Waals surface area contributed by atoms with Crippen LogP contribution >= 0.6 is 0 Å². The molecule has 9 nitrogen and oxygen atoms in total. The van der Waals surface area contributed by atoms with Crippen LogP contribution in [0, 0.1) is 11.3 Å². The largest absolute Gasteiger partial charge is 0.384 e. The van der Waals surface area contributed by atoms with Gasteiger partial charge in [0, 0.05) is 43.1 Å². The van der Waals surface area contributed by atoms with Crippen molar-refractivity contribution in [1.82, 2.24) is 29.3 Å². The van der Waals surface area contributed by atoms with E-state index in [-0.39, 0.29) is 5.92 Å². The highest BCUT2D eigenvalue weighted by atomic mass is 15.3. The van der Waals surface area contributed by atoms with Gasteiger partial charge in [-0.05, 0) is 17.7 Å². The highest BCUT2D eigenvalue weighted by Crippen LogP contribution is 2.44. The number of allylic oxidation sites excluding steroid dienone is 1. The summed E-state index contributed by atoms with van der Waals surface area (Å²) in [5.74, 6) is 0.673. The van der Waals surface area contributed by atoms with Crippen LogP contribution in [-0.2, 0) is 7.05 Å². The van der Waals surface area contributed by atoms with Gasteiger partial charge in [-0.15, -0.1) is 0 Å². The van der Waals surface area contributed by atoms with Crippen molar-refractivity contribution in [2.24, 2.45) is 12.8 Å². The van der Waals surface area contributed by atoms with Crippen LogP contribution in [0.2, 0.25) is 0 Å². The molecule has 0 bridgehead atoms. The fourth-order valence-corrected chi connectivity index (χ4v) is 3.78. The van der Waals surface area contributed by atoms with E-state index in [1.165, 1.54) is 0 Å². The highest BCUT2D eigenvalue weighted by Gasteiger charge is 2.35. The van der Waals surface area contributed by atoms with E-state index >= 15 is 0 Å². The molecule has 1 atom stereocenters. The van der Waals surface area contributed by atoms with Gasteiger partial charge in [0.05, 0.1) is 30.1 Å². The molecule has 5 rings (SSSR count). The van der Waals surface area contributed by atoms with Gasteiger partial charge in [0.2, 0.25) is 0 Å². The highest BCUT2D eigenvalue weighted by molar-refractivity contribution is 5.75. The number of anilines is 1. The van der Waals surface area contributed by atoms with Gasteiger partial charge in [-0.25, -0.2) is 4.98 Å². The zero-order valence-electron chi connectivity index (χ0n) is 16.1. The molecule has 1 unspecified atom stereocenters. The number of benzene rings is 1. The van der Waals surface area contributed by atoms with Crippen LogP contribution in [0.25, 0.3) is 17.1 Å². The van der Waals surface area contributed by atoms with Gasteiger partial charge < -0.3 is 15.6 Å². The Balaban J connectivity index is 1.69. The summed E-state index contributed by atoms with van der Waals surface area (Å²) in [7, 11) is 1.83. The molecule has 0 saturated carbocycles. The van der Waals surface area contributed by atoms with Crippen molar-refractivity contribution in [2.45, 2.75) is 5.92 Å². The maximum atomic E-state index is 9.90. The maximum Gasteiger partial charge on any atom is 0.134 e. The number of nitrogens with one attached hydrogen (secondary N) is 1. The second-order valence-corrected chi connectivity index (χ2v) is 6.88. The molecule has 4 aromatic rings. The molecule has 3 N–H and O–H groups in total. The van der Waals surface area contributed by atoms with E-state index in [0.29, 0.717) is 22.8 Å². The van der Waals surface area contributed by atoms with Gasteiger partial charge >= 0.3 is 0 Å². The SMILES string of the molecule is Cn1nc(-c2cnccn2)c2c1NC(N)=C(C#N)C2c1ccc(-n2ccnc2)cc1. The summed E-state index contributed by atoms with van der Waals surface area (Å²) in [5.41, 5.74) is 10.7. The lowest BCUT2D eigenvalue weighted by Crippen LogP contribution is -2.24. The van der Waals surface area contributed by atoms with Crippen LogP contribution in [0.3, 0.4) is 0 Å². The molecule has 0 fully saturated rings. The molecule has 3 aromatic heterocycles. The first-order chi connectivity index (χ1) is 14.7. The smallest absolute Gasteiger partial charge is 0.134 e. The lowest BCUT2D eigenvalue weighted by molar-refractivity contribution is 0.771. The average molecular weight is 395 g/mol. The predicted molar refractivity (Wildman–Crippen MR) is 110 cm³/mol. The lowest BCUT2D eigenvalue weighted by Gasteiger charge is -2.26. The Morgan fingerprint density at radius 2 is 1.97 bits per heavy atom. The first-order valence-electron chi connectivity index (χ1n) is 9.25. The van der Waals surface area contributed by atoms with E-state index in [9.17, 15) is 5.26 Å². The summed E-state index contributed by atoms with van der Waals surface area (Å²) >= 11 is 0. The van der Waals surface area contributed by atoms with E-state index in [4.69, 9.17) is 5.73 Å². The number of hydrogen-bond acceptors (Lipinski definition) is 7. The Morgan fingerprint density at radius 1 is 1.13 bits per heavy atom. The van der Waals surface area contributed by atoms with E-state index < -0.39 is 0 Å². The van der Waals surface area contributed by atoms with Crippen molar-refractivity contribution in [2.75, 3.05) is 5.32 Å². The van der Waals surface area contributed by atoms with Crippen molar-refractivity contribution >= 4 is 5.82 Å². The van der Waals surface area contributed by atoms with E-state index in [2.05, 4.69) is 31.4 Å². The fraction of sp³-hybridized carbons (Fsp3) is 0.0952. The zero-order valence-corrected chi connectivity index (χ0v) is 16.1. The number of imidazole rings is 1. The van der Waals surface area contributed by atoms with Crippen molar-refractivity contribution in [3.63, 3.8) is 0 Å². The number of aryl methyl sites for hydroxylation is 1. The molecule has 1 aliphatic rings. The molecule has 30 heavy (non-hydrogen) atoms. The molecule has 9 heteroatoms. The molecule has 0 radical (unpaired) electrons. The molecule has 0 saturated heterocycles. The van der Waals surface area contributed by atoms with Crippen LogP contribution in [0.4, 0.5) is 5.82 Å². The average Bonchev–Trinajstić information content (AvgIpc) is 3.42. The topological polar surface area (TPSA) is 123 Å². The minimum absolute atomic E-state index is 0.322. The standard InChI is InChI=1S/C21H17N9/c1-29-21-18(19(28-29)16-11-24-6-7-26-16)17(15(10-22)20(23)27-21)13-2-4-14(5-3-13)30-9-8-25-12-30/h2-9,11-12,17,27H,23H2,1H3. The monoisotopic (exact) mass is 395 g/mol. The third-order valence-corrected chi connectivity index (χ3v) is 5.16. The van der Waals surface area contributed by atoms with Crippen LogP contribution in [-0.4, -0.2) is 29.3 Å². The normalized spacial score (nSPS) is 15.4. The Bertz CT molecular complexity index is 1280. The molecule has 4 heterocycles. The third kappa shape index (κ3) is 2.70. The zero-order chi connectivity index (χ0) is 20.7. The number of nitrogens with two attached hydrogens (primary N) is 1. The summed E-state index contributed by atoms with van der Waals surface area (Å²) in [6.45, 7) is 0. The minimum Gasteiger partial charge on any atom is -0.384 e. The van der Waals surface area contributed by atoms with Crippen molar-refractivity contribution in [1.29, 1.82) is 5.26 Å². The molecule has 0 amide bonds. The van der Waals surface area contributed by atoms with E-state index in [0.717, 1.165) is 22.6 Å². The second-order valence-electron chi connectivity index (χ2n) is 6.88. The Morgan fingerprint density at radius 3 is 2.63 bits per heavy atom. The van der Waals surface area contributed by atoms with E-state index in [1.807, 2.05) is 42.1 Å². The fourth-order valence-electron chi connectivity index (χ4n) is 3.78. The number of aromatic nitrogens is 6. The summed E-state index contributed by atoms with van der Waals surface area (Å²) in [6, 6.07) is 10.2. The van der Waals surface area contributed by atoms with Gasteiger partial charge in [-0.1, -0.05) is 12.1 Å². The number of fused-ring (bicyclic) bond motifs is 1.